The second-order valence-electron chi connectivity index (χ2n) is 4.02. The maximum atomic E-state index is 5.87. The van der Waals surface area contributed by atoms with Gasteiger partial charge >= 0.3 is 0 Å². The van der Waals surface area contributed by atoms with Crippen LogP contribution < -0.4 is 11.1 Å². The van der Waals surface area contributed by atoms with Crippen molar-refractivity contribution >= 4 is 21.9 Å². The fraction of sp³-hybridized carbons (Fsp3) is 0.667. The highest BCUT2D eigenvalue weighted by Crippen LogP contribution is 2.29. The third-order valence-electron chi connectivity index (χ3n) is 2.42. The smallest absolute Gasteiger partial charge is 0.204 e. The molecule has 3 N–H and O–H groups in total. The van der Waals surface area contributed by atoms with Gasteiger partial charge in [0.1, 0.15) is 4.60 Å². The number of nitrogens with two attached hydrogens (primary N) is 1. The summed E-state index contributed by atoms with van der Waals surface area (Å²) in [6.07, 6.45) is 0. The minimum absolute atomic E-state index is 0.174. The lowest BCUT2D eigenvalue weighted by Crippen LogP contribution is -2.38. The number of aromatic nitrogens is 2. The molecule has 2 rings (SSSR count). The molecule has 0 saturated heterocycles. The normalized spacial score (nSPS) is 20.8. The molecule has 4 nitrogen and oxygen atoms in total. The average molecular weight is 259 g/mol. The van der Waals surface area contributed by atoms with E-state index in [1.165, 1.54) is 0 Å². The second kappa shape index (κ2) is 3.55. The van der Waals surface area contributed by atoms with Crippen molar-refractivity contribution in [2.75, 3.05) is 11.9 Å². The topological polar surface area (TPSA) is 55.9 Å². The summed E-state index contributed by atoms with van der Waals surface area (Å²) < 4.78 is 3.16. The Morgan fingerprint density at radius 3 is 3.00 bits per heavy atom. The summed E-state index contributed by atoms with van der Waals surface area (Å²) in [6.45, 7) is 5.92. The van der Waals surface area contributed by atoms with Gasteiger partial charge in [-0.05, 0) is 21.8 Å². The summed E-state index contributed by atoms with van der Waals surface area (Å²) in [5.41, 5.74) is 6.97. The number of hydrogen-bond donors (Lipinski definition) is 2. The molecular weight excluding hydrogens is 244 g/mol. The van der Waals surface area contributed by atoms with Crippen molar-refractivity contribution in [3.05, 3.63) is 10.3 Å². The molecule has 1 aromatic rings. The molecule has 5 heteroatoms. The average Bonchev–Trinajstić information content (AvgIpc) is 2.44. The number of fused-ring (bicyclic) bond motifs is 1. The van der Waals surface area contributed by atoms with Crippen LogP contribution in [0.25, 0.3) is 0 Å². The van der Waals surface area contributed by atoms with Crippen LogP contribution in [0.1, 0.15) is 25.5 Å². The summed E-state index contributed by atoms with van der Waals surface area (Å²) in [5.74, 6) is 1.36. The third kappa shape index (κ3) is 1.54. The zero-order valence-electron chi connectivity index (χ0n) is 8.42. The molecular formula is C9H15BrN4. The molecule has 0 saturated carbocycles. The lowest BCUT2D eigenvalue weighted by molar-refractivity contribution is 0.535. The van der Waals surface area contributed by atoms with E-state index in [2.05, 4.69) is 44.6 Å². The van der Waals surface area contributed by atoms with E-state index in [0.717, 1.165) is 29.3 Å². The second-order valence-corrected chi connectivity index (χ2v) is 4.77. The monoisotopic (exact) mass is 258 g/mol. The molecule has 2 heterocycles. The molecule has 1 atom stereocenters. The molecule has 14 heavy (non-hydrogen) atoms. The number of nitrogens with one attached hydrogen (secondary N) is 1. The number of halogens is 1. The predicted octanol–water partition coefficient (Wildman–Crippen LogP) is 1.52. The van der Waals surface area contributed by atoms with Gasteiger partial charge in [-0.15, -0.1) is 0 Å². The first-order chi connectivity index (χ1) is 6.59. The number of hydrogen-bond acceptors (Lipinski definition) is 3. The number of nitrogens with zero attached hydrogens (tertiary/aromatic N) is 2. The van der Waals surface area contributed by atoms with E-state index in [9.17, 15) is 0 Å². The van der Waals surface area contributed by atoms with E-state index in [-0.39, 0.29) is 6.04 Å². The largest absolute Gasteiger partial charge is 0.354 e. The van der Waals surface area contributed by atoms with Crippen LogP contribution in [0.3, 0.4) is 0 Å². The van der Waals surface area contributed by atoms with Crippen molar-refractivity contribution in [2.24, 2.45) is 5.73 Å². The summed E-state index contributed by atoms with van der Waals surface area (Å²) >= 11 is 3.57. The molecule has 0 amide bonds. The Balaban J connectivity index is 2.41. The molecule has 0 spiro atoms. The van der Waals surface area contributed by atoms with Crippen molar-refractivity contribution in [1.82, 2.24) is 9.55 Å². The van der Waals surface area contributed by atoms with Crippen molar-refractivity contribution in [3.8, 4) is 0 Å². The molecule has 78 valence electrons. The van der Waals surface area contributed by atoms with Crippen LogP contribution in [-0.4, -0.2) is 22.1 Å². The number of anilines is 1. The SMILES string of the molecule is CC(C)c1nc2n(c1Br)CC(N)CN2. The summed E-state index contributed by atoms with van der Waals surface area (Å²) in [6, 6.07) is 0.174. The quantitative estimate of drug-likeness (QED) is 0.804. The van der Waals surface area contributed by atoms with Crippen molar-refractivity contribution in [3.63, 3.8) is 0 Å². The number of imidazole rings is 1. The maximum Gasteiger partial charge on any atom is 0.204 e. The Bertz CT molecular complexity index is 345. The zero-order valence-corrected chi connectivity index (χ0v) is 10.0. The lowest BCUT2D eigenvalue weighted by Gasteiger charge is -2.22. The van der Waals surface area contributed by atoms with E-state index in [4.69, 9.17) is 5.73 Å². The highest BCUT2D eigenvalue weighted by atomic mass is 79.9. The number of rotatable bonds is 1. The molecule has 0 aliphatic carbocycles. The van der Waals surface area contributed by atoms with E-state index in [1.807, 2.05) is 0 Å². The van der Waals surface area contributed by atoms with Crippen molar-refractivity contribution in [2.45, 2.75) is 32.4 Å². The van der Waals surface area contributed by atoms with Crippen LogP contribution in [0.4, 0.5) is 5.95 Å². The minimum atomic E-state index is 0.174. The van der Waals surface area contributed by atoms with Gasteiger partial charge < -0.3 is 15.6 Å². The van der Waals surface area contributed by atoms with Gasteiger partial charge in [-0.25, -0.2) is 4.98 Å². The molecule has 1 aliphatic heterocycles. The Morgan fingerprint density at radius 1 is 1.64 bits per heavy atom. The van der Waals surface area contributed by atoms with Gasteiger partial charge in [0, 0.05) is 19.1 Å². The van der Waals surface area contributed by atoms with E-state index in [0.29, 0.717) is 5.92 Å². The van der Waals surface area contributed by atoms with Crippen LogP contribution in [-0.2, 0) is 6.54 Å². The molecule has 0 fully saturated rings. The van der Waals surface area contributed by atoms with Gasteiger partial charge in [0.05, 0.1) is 5.69 Å². The van der Waals surface area contributed by atoms with Crippen molar-refractivity contribution in [1.29, 1.82) is 0 Å². The first-order valence-electron chi connectivity index (χ1n) is 4.85. The van der Waals surface area contributed by atoms with Gasteiger partial charge in [0.25, 0.3) is 0 Å². The fourth-order valence-electron chi connectivity index (χ4n) is 1.64. The zero-order chi connectivity index (χ0) is 10.3. The van der Waals surface area contributed by atoms with Crippen LogP contribution in [0.2, 0.25) is 0 Å². The van der Waals surface area contributed by atoms with E-state index >= 15 is 0 Å². The first kappa shape index (κ1) is 9.98. The van der Waals surface area contributed by atoms with Gasteiger partial charge in [0.15, 0.2) is 0 Å². The standard InChI is InChI=1S/C9H15BrN4/c1-5(2)7-8(10)14-4-6(11)3-12-9(14)13-7/h5-6H,3-4,11H2,1-2H3,(H,12,13). The van der Waals surface area contributed by atoms with Gasteiger partial charge in [-0.3, -0.25) is 0 Å². The third-order valence-corrected chi connectivity index (χ3v) is 3.25. The first-order valence-corrected chi connectivity index (χ1v) is 5.64. The maximum absolute atomic E-state index is 5.87. The fourth-order valence-corrected chi connectivity index (χ4v) is 2.50. The molecule has 0 bridgehead atoms. The molecule has 1 aliphatic rings. The van der Waals surface area contributed by atoms with Crippen LogP contribution in [0.15, 0.2) is 4.60 Å². The van der Waals surface area contributed by atoms with E-state index in [1.54, 1.807) is 0 Å². The highest BCUT2D eigenvalue weighted by Gasteiger charge is 2.22. The Labute approximate surface area is 92.0 Å². The van der Waals surface area contributed by atoms with Crippen molar-refractivity contribution < 1.29 is 0 Å². The minimum Gasteiger partial charge on any atom is -0.354 e. The molecule has 0 aromatic carbocycles. The lowest BCUT2D eigenvalue weighted by atomic mass is 10.2. The van der Waals surface area contributed by atoms with Crippen LogP contribution in [0, 0.1) is 0 Å². The van der Waals surface area contributed by atoms with E-state index < -0.39 is 0 Å². The van der Waals surface area contributed by atoms with Crippen LogP contribution >= 0.6 is 15.9 Å². The van der Waals surface area contributed by atoms with Gasteiger partial charge in [0.2, 0.25) is 5.95 Å². The predicted molar refractivity (Wildman–Crippen MR) is 60.5 cm³/mol. The Hall–Kier alpha value is -0.550. The van der Waals surface area contributed by atoms with Gasteiger partial charge in [-0.1, -0.05) is 13.8 Å². The molecule has 1 unspecified atom stereocenters. The Kier molecular flexibility index (Phi) is 2.53. The summed E-state index contributed by atoms with van der Waals surface area (Å²) in [7, 11) is 0. The van der Waals surface area contributed by atoms with Gasteiger partial charge in [-0.2, -0.15) is 0 Å². The summed E-state index contributed by atoms with van der Waals surface area (Å²) in [4.78, 5) is 4.53. The summed E-state index contributed by atoms with van der Waals surface area (Å²) in [5, 5.41) is 3.23. The highest BCUT2D eigenvalue weighted by molar-refractivity contribution is 9.10. The molecule has 1 aromatic heterocycles. The Morgan fingerprint density at radius 2 is 2.36 bits per heavy atom. The van der Waals surface area contributed by atoms with Crippen LogP contribution in [0.5, 0.6) is 0 Å². The molecule has 0 radical (unpaired) electrons.